The van der Waals surface area contributed by atoms with Gasteiger partial charge < -0.3 is 9.64 Å². The van der Waals surface area contributed by atoms with E-state index in [0.29, 0.717) is 18.9 Å². The van der Waals surface area contributed by atoms with E-state index >= 15 is 0 Å². The average molecular weight is 298 g/mol. The standard InChI is InChI=1S/C15H26N2O2S/c1-5-6-7-10-17(12(2)3)15-16-13(11-20-15)8-9-14(18)19-4/h11-12H,5-10H2,1-4H3. The number of carbonyl (C=O) groups excluding carboxylic acids is 1. The number of hydrogen-bond donors (Lipinski definition) is 0. The van der Waals surface area contributed by atoms with Crippen molar-refractivity contribution in [1.82, 2.24) is 4.98 Å². The summed E-state index contributed by atoms with van der Waals surface area (Å²) >= 11 is 1.67. The summed E-state index contributed by atoms with van der Waals surface area (Å²) < 4.78 is 4.66. The van der Waals surface area contributed by atoms with Crippen LogP contribution in [0.3, 0.4) is 0 Å². The molecule has 0 unspecified atom stereocenters. The molecule has 1 heterocycles. The lowest BCUT2D eigenvalue weighted by Gasteiger charge is -2.26. The lowest BCUT2D eigenvalue weighted by atomic mass is 10.2. The van der Waals surface area contributed by atoms with E-state index in [-0.39, 0.29) is 5.97 Å². The number of esters is 1. The summed E-state index contributed by atoms with van der Waals surface area (Å²) in [5.74, 6) is -0.178. The highest BCUT2D eigenvalue weighted by molar-refractivity contribution is 7.13. The van der Waals surface area contributed by atoms with Crippen LogP contribution in [0.5, 0.6) is 0 Å². The van der Waals surface area contributed by atoms with Crippen LogP contribution < -0.4 is 4.90 Å². The SMILES string of the molecule is CCCCCN(c1nc(CCC(=O)OC)cs1)C(C)C. The van der Waals surface area contributed by atoms with Gasteiger partial charge in [-0.15, -0.1) is 11.3 Å². The van der Waals surface area contributed by atoms with Gasteiger partial charge in [-0.25, -0.2) is 4.98 Å². The van der Waals surface area contributed by atoms with Crippen LogP contribution >= 0.6 is 11.3 Å². The summed E-state index contributed by atoms with van der Waals surface area (Å²) in [5.41, 5.74) is 0.983. The van der Waals surface area contributed by atoms with Crippen molar-refractivity contribution in [2.75, 3.05) is 18.6 Å². The number of unbranched alkanes of at least 4 members (excludes halogenated alkanes) is 2. The van der Waals surface area contributed by atoms with Crippen molar-refractivity contribution in [2.45, 2.75) is 58.9 Å². The van der Waals surface area contributed by atoms with Crippen LogP contribution in [0.1, 0.15) is 52.1 Å². The maximum Gasteiger partial charge on any atom is 0.305 e. The second kappa shape index (κ2) is 8.95. The molecule has 0 N–H and O–H groups in total. The number of hydrogen-bond acceptors (Lipinski definition) is 5. The van der Waals surface area contributed by atoms with Crippen molar-refractivity contribution >= 4 is 22.4 Å². The zero-order valence-corrected chi connectivity index (χ0v) is 13.8. The van der Waals surface area contributed by atoms with Crippen LogP contribution in [0, 0.1) is 0 Å². The van der Waals surface area contributed by atoms with Crippen LogP contribution in [0.25, 0.3) is 0 Å². The Morgan fingerprint density at radius 1 is 1.45 bits per heavy atom. The number of carbonyl (C=O) groups is 1. The first-order valence-electron chi connectivity index (χ1n) is 7.36. The van der Waals surface area contributed by atoms with Crippen LogP contribution in [-0.2, 0) is 16.0 Å². The van der Waals surface area contributed by atoms with Gasteiger partial charge in [0.25, 0.3) is 0 Å². The molecule has 1 aromatic heterocycles. The molecule has 114 valence electrons. The molecule has 1 rings (SSSR count). The summed E-state index contributed by atoms with van der Waals surface area (Å²) in [6, 6.07) is 0.450. The molecule has 0 spiro atoms. The second-order valence-electron chi connectivity index (χ2n) is 5.19. The predicted octanol–water partition coefficient (Wildman–Crippen LogP) is 3.65. The summed E-state index contributed by atoms with van der Waals surface area (Å²) in [6.45, 7) is 7.66. The molecule has 0 saturated heterocycles. The van der Waals surface area contributed by atoms with Gasteiger partial charge in [-0.2, -0.15) is 0 Å². The van der Waals surface area contributed by atoms with E-state index < -0.39 is 0 Å². The third kappa shape index (κ3) is 5.49. The van der Waals surface area contributed by atoms with Crippen molar-refractivity contribution in [3.8, 4) is 0 Å². The van der Waals surface area contributed by atoms with Gasteiger partial charge in [0.15, 0.2) is 5.13 Å². The maximum atomic E-state index is 11.2. The Hall–Kier alpha value is -1.10. The smallest absolute Gasteiger partial charge is 0.305 e. The molecule has 0 aliphatic rings. The molecule has 0 saturated carbocycles. The van der Waals surface area contributed by atoms with E-state index in [4.69, 9.17) is 0 Å². The third-order valence-corrected chi connectivity index (χ3v) is 4.15. The van der Waals surface area contributed by atoms with Gasteiger partial charge in [0.05, 0.1) is 19.2 Å². The largest absolute Gasteiger partial charge is 0.469 e. The minimum atomic E-state index is -0.178. The quantitative estimate of drug-likeness (QED) is 0.515. The first kappa shape index (κ1) is 17.0. The fraction of sp³-hybridized carbons (Fsp3) is 0.733. The van der Waals surface area contributed by atoms with Crippen LogP contribution in [0.15, 0.2) is 5.38 Å². The Morgan fingerprint density at radius 2 is 2.20 bits per heavy atom. The second-order valence-corrected chi connectivity index (χ2v) is 6.03. The van der Waals surface area contributed by atoms with Crippen molar-refractivity contribution in [3.63, 3.8) is 0 Å². The molecule has 0 fully saturated rings. The number of ether oxygens (including phenoxy) is 1. The molecular formula is C15H26N2O2S. The zero-order valence-electron chi connectivity index (χ0n) is 13.0. The van der Waals surface area contributed by atoms with Crippen molar-refractivity contribution in [3.05, 3.63) is 11.1 Å². The lowest BCUT2D eigenvalue weighted by Crippen LogP contribution is -2.31. The maximum absolute atomic E-state index is 11.2. The number of aryl methyl sites for hydroxylation is 1. The molecule has 1 aromatic rings. The first-order chi connectivity index (χ1) is 9.58. The van der Waals surface area contributed by atoms with Gasteiger partial charge in [-0.05, 0) is 20.3 Å². The number of anilines is 1. The van der Waals surface area contributed by atoms with Gasteiger partial charge in [0.2, 0.25) is 0 Å². The van der Waals surface area contributed by atoms with Crippen molar-refractivity contribution in [1.29, 1.82) is 0 Å². The highest BCUT2D eigenvalue weighted by atomic mass is 32.1. The van der Waals surface area contributed by atoms with Gasteiger partial charge in [0, 0.05) is 24.4 Å². The van der Waals surface area contributed by atoms with E-state index in [1.807, 2.05) is 5.38 Å². The van der Waals surface area contributed by atoms with Crippen LogP contribution in [0.4, 0.5) is 5.13 Å². The highest BCUT2D eigenvalue weighted by Crippen LogP contribution is 2.24. The molecule has 0 atom stereocenters. The molecule has 0 amide bonds. The van der Waals surface area contributed by atoms with E-state index in [2.05, 4.69) is 35.4 Å². The summed E-state index contributed by atoms with van der Waals surface area (Å²) in [7, 11) is 1.42. The summed E-state index contributed by atoms with van der Waals surface area (Å²) in [4.78, 5) is 18.2. The molecule has 20 heavy (non-hydrogen) atoms. The van der Waals surface area contributed by atoms with E-state index in [0.717, 1.165) is 17.4 Å². The van der Waals surface area contributed by atoms with Gasteiger partial charge >= 0.3 is 5.97 Å². The monoisotopic (exact) mass is 298 g/mol. The summed E-state index contributed by atoms with van der Waals surface area (Å²) in [5, 5.41) is 3.11. The van der Waals surface area contributed by atoms with Gasteiger partial charge in [-0.3, -0.25) is 4.79 Å². The fourth-order valence-electron chi connectivity index (χ4n) is 1.98. The number of rotatable bonds is 9. The topological polar surface area (TPSA) is 42.4 Å². The van der Waals surface area contributed by atoms with Gasteiger partial charge in [-0.1, -0.05) is 19.8 Å². The molecule has 0 bridgehead atoms. The number of aromatic nitrogens is 1. The lowest BCUT2D eigenvalue weighted by molar-refractivity contribution is -0.140. The Kier molecular flexibility index (Phi) is 7.59. The third-order valence-electron chi connectivity index (χ3n) is 3.22. The molecular weight excluding hydrogens is 272 g/mol. The minimum Gasteiger partial charge on any atom is -0.469 e. The molecule has 0 aromatic carbocycles. The molecule has 0 radical (unpaired) electrons. The van der Waals surface area contributed by atoms with Crippen molar-refractivity contribution < 1.29 is 9.53 Å². The minimum absolute atomic E-state index is 0.178. The van der Waals surface area contributed by atoms with E-state index in [1.54, 1.807) is 11.3 Å². The summed E-state index contributed by atoms with van der Waals surface area (Å²) in [6.07, 6.45) is 4.74. The van der Waals surface area contributed by atoms with Gasteiger partial charge in [0.1, 0.15) is 0 Å². The number of thiazole rings is 1. The Balaban J connectivity index is 2.59. The highest BCUT2D eigenvalue weighted by Gasteiger charge is 2.14. The molecule has 0 aliphatic carbocycles. The molecule has 5 heteroatoms. The normalized spacial score (nSPS) is 10.8. The zero-order chi connectivity index (χ0) is 15.0. The van der Waals surface area contributed by atoms with Crippen LogP contribution in [0.2, 0.25) is 0 Å². The van der Waals surface area contributed by atoms with E-state index in [1.165, 1.54) is 26.4 Å². The Bertz CT molecular complexity index is 404. The average Bonchev–Trinajstić information content (AvgIpc) is 2.89. The van der Waals surface area contributed by atoms with Crippen LogP contribution in [-0.4, -0.2) is 30.6 Å². The number of methoxy groups -OCH3 is 1. The Labute approximate surface area is 126 Å². The molecule has 4 nitrogen and oxygen atoms in total. The van der Waals surface area contributed by atoms with Crippen molar-refractivity contribution in [2.24, 2.45) is 0 Å². The van der Waals surface area contributed by atoms with E-state index in [9.17, 15) is 4.79 Å². The fourth-order valence-corrected chi connectivity index (χ4v) is 3.00. The number of nitrogens with zero attached hydrogens (tertiary/aromatic N) is 2. The predicted molar refractivity (Wildman–Crippen MR) is 84.5 cm³/mol. The molecule has 0 aliphatic heterocycles. The Morgan fingerprint density at radius 3 is 2.80 bits per heavy atom. The first-order valence-corrected chi connectivity index (χ1v) is 8.24.